The van der Waals surface area contributed by atoms with Crippen LogP contribution in [-0.4, -0.2) is 42.6 Å². The Balaban J connectivity index is 2.26. The third kappa shape index (κ3) is 2.80. The van der Waals surface area contributed by atoms with E-state index in [0.717, 1.165) is 5.69 Å². The van der Waals surface area contributed by atoms with Crippen LogP contribution < -0.4 is 4.90 Å². The molecular formula is C13H18FNO3. The van der Waals surface area contributed by atoms with Gasteiger partial charge in [-0.3, -0.25) is 0 Å². The van der Waals surface area contributed by atoms with Crippen molar-refractivity contribution in [2.45, 2.75) is 19.1 Å². The predicted octanol–water partition coefficient (Wildman–Crippen LogP) is 1.08. The van der Waals surface area contributed by atoms with E-state index in [1.54, 1.807) is 13.0 Å². The molecule has 0 aliphatic carbocycles. The first kappa shape index (κ1) is 13.3. The summed E-state index contributed by atoms with van der Waals surface area (Å²) in [5, 5.41) is 18.8. The van der Waals surface area contributed by atoms with Gasteiger partial charge in [0.05, 0.1) is 25.4 Å². The van der Waals surface area contributed by atoms with Crippen LogP contribution in [0.3, 0.4) is 0 Å². The van der Waals surface area contributed by atoms with Crippen LogP contribution in [0.4, 0.5) is 10.1 Å². The number of ether oxygens (including phenoxy) is 1. The molecule has 1 aromatic carbocycles. The maximum atomic E-state index is 13.2. The minimum absolute atomic E-state index is 0.0400. The van der Waals surface area contributed by atoms with Crippen molar-refractivity contribution in [1.29, 1.82) is 0 Å². The number of anilines is 1. The van der Waals surface area contributed by atoms with Crippen LogP contribution in [0.1, 0.15) is 18.6 Å². The Morgan fingerprint density at radius 1 is 1.56 bits per heavy atom. The summed E-state index contributed by atoms with van der Waals surface area (Å²) in [5.74, 6) is -0.360. The molecule has 4 nitrogen and oxygen atoms in total. The number of morpholine rings is 1. The minimum atomic E-state index is -0.730. The second kappa shape index (κ2) is 5.65. The number of halogens is 1. The molecule has 1 unspecified atom stereocenters. The molecule has 2 N–H and O–H groups in total. The molecule has 0 bridgehead atoms. The Hall–Kier alpha value is -1.17. The lowest BCUT2D eigenvalue weighted by molar-refractivity contribution is 0.00342. The maximum absolute atomic E-state index is 13.2. The molecule has 2 rings (SSSR count). The normalized spacial score (nSPS) is 22.0. The average molecular weight is 255 g/mol. The summed E-state index contributed by atoms with van der Waals surface area (Å²) >= 11 is 0. The molecule has 0 amide bonds. The van der Waals surface area contributed by atoms with Crippen molar-refractivity contribution < 1.29 is 19.3 Å². The molecule has 1 fully saturated rings. The van der Waals surface area contributed by atoms with E-state index in [0.29, 0.717) is 25.3 Å². The van der Waals surface area contributed by atoms with E-state index in [1.807, 2.05) is 4.90 Å². The van der Waals surface area contributed by atoms with Gasteiger partial charge < -0.3 is 19.8 Å². The molecule has 2 atom stereocenters. The lowest BCUT2D eigenvalue weighted by atomic mass is 10.1. The zero-order valence-corrected chi connectivity index (χ0v) is 10.3. The standard InChI is InChI=1S/C13H18FNO3/c1-9(17)12-6-10(14)2-3-13(12)15-4-5-18-11(7-15)8-16/h2-3,6,9,11,16-17H,4-5,7-8H2,1H3/t9-,11?/m1/s1. The van der Waals surface area contributed by atoms with Crippen molar-refractivity contribution in [3.05, 3.63) is 29.6 Å². The molecule has 18 heavy (non-hydrogen) atoms. The van der Waals surface area contributed by atoms with Crippen LogP contribution in [0.5, 0.6) is 0 Å². The zero-order valence-electron chi connectivity index (χ0n) is 10.3. The topological polar surface area (TPSA) is 52.9 Å². The second-order valence-corrected chi connectivity index (χ2v) is 4.50. The lowest BCUT2D eigenvalue weighted by Crippen LogP contribution is -2.44. The highest BCUT2D eigenvalue weighted by Crippen LogP contribution is 2.28. The fourth-order valence-electron chi connectivity index (χ4n) is 2.20. The largest absolute Gasteiger partial charge is 0.394 e. The number of aliphatic hydroxyl groups is 2. The summed E-state index contributed by atoms with van der Waals surface area (Å²) in [7, 11) is 0. The number of hydrogen-bond acceptors (Lipinski definition) is 4. The van der Waals surface area contributed by atoms with Crippen molar-refractivity contribution in [3.63, 3.8) is 0 Å². The Kier molecular flexibility index (Phi) is 4.16. The summed E-state index contributed by atoms with van der Waals surface area (Å²) in [6.45, 7) is 3.30. The summed E-state index contributed by atoms with van der Waals surface area (Å²) in [4.78, 5) is 2.01. The van der Waals surface area contributed by atoms with E-state index in [9.17, 15) is 9.50 Å². The first-order chi connectivity index (χ1) is 8.61. The molecule has 0 radical (unpaired) electrons. The van der Waals surface area contributed by atoms with Gasteiger partial charge in [0.2, 0.25) is 0 Å². The van der Waals surface area contributed by atoms with Gasteiger partial charge in [0.15, 0.2) is 0 Å². The first-order valence-electron chi connectivity index (χ1n) is 6.06. The summed E-state index contributed by atoms with van der Waals surface area (Å²) in [6, 6.07) is 4.39. The molecule has 0 aromatic heterocycles. The summed E-state index contributed by atoms with van der Waals surface area (Å²) < 4.78 is 18.6. The molecule has 0 spiro atoms. The van der Waals surface area contributed by atoms with Gasteiger partial charge >= 0.3 is 0 Å². The van der Waals surface area contributed by atoms with E-state index in [1.165, 1.54) is 12.1 Å². The van der Waals surface area contributed by atoms with E-state index in [4.69, 9.17) is 9.84 Å². The number of nitrogens with zero attached hydrogens (tertiary/aromatic N) is 1. The predicted molar refractivity (Wildman–Crippen MR) is 66.1 cm³/mol. The number of aliphatic hydroxyl groups excluding tert-OH is 2. The van der Waals surface area contributed by atoms with Crippen LogP contribution in [0.2, 0.25) is 0 Å². The van der Waals surface area contributed by atoms with Gasteiger partial charge in [0, 0.05) is 24.3 Å². The van der Waals surface area contributed by atoms with Gasteiger partial charge in [0.25, 0.3) is 0 Å². The number of hydrogen-bond donors (Lipinski definition) is 2. The lowest BCUT2D eigenvalue weighted by Gasteiger charge is -2.35. The third-order valence-electron chi connectivity index (χ3n) is 3.12. The van der Waals surface area contributed by atoms with Crippen molar-refractivity contribution in [2.24, 2.45) is 0 Å². The van der Waals surface area contributed by atoms with Gasteiger partial charge in [-0.05, 0) is 25.1 Å². The van der Waals surface area contributed by atoms with E-state index < -0.39 is 6.10 Å². The molecule has 0 saturated carbocycles. The van der Waals surface area contributed by atoms with Crippen molar-refractivity contribution >= 4 is 5.69 Å². The molecule has 1 aromatic rings. The maximum Gasteiger partial charge on any atom is 0.123 e. The SMILES string of the molecule is C[C@@H](O)c1cc(F)ccc1N1CCOC(CO)C1. The van der Waals surface area contributed by atoms with Crippen molar-refractivity contribution in [2.75, 3.05) is 31.2 Å². The van der Waals surface area contributed by atoms with Crippen LogP contribution in [0.15, 0.2) is 18.2 Å². The Morgan fingerprint density at radius 2 is 2.33 bits per heavy atom. The minimum Gasteiger partial charge on any atom is -0.394 e. The molecule has 100 valence electrons. The highest BCUT2D eigenvalue weighted by molar-refractivity contribution is 5.55. The average Bonchev–Trinajstić information content (AvgIpc) is 2.38. The van der Waals surface area contributed by atoms with Crippen LogP contribution in [-0.2, 0) is 4.74 Å². The fraction of sp³-hybridized carbons (Fsp3) is 0.538. The van der Waals surface area contributed by atoms with E-state index in [-0.39, 0.29) is 18.5 Å². The third-order valence-corrected chi connectivity index (χ3v) is 3.12. The molecule has 1 aliphatic heterocycles. The smallest absolute Gasteiger partial charge is 0.123 e. The van der Waals surface area contributed by atoms with Crippen LogP contribution >= 0.6 is 0 Å². The van der Waals surface area contributed by atoms with Crippen LogP contribution in [0.25, 0.3) is 0 Å². The van der Waals surface area contributed by atoms with Crippen LogP contribution in [0, 0.1) is 5.82 Å². The molecule has 5 heteroatoms. The quantitative estimate of drug-likeness (QED) is 0.848. The Labute approximate surface area is 106 Å². The molecule has 1 aliphatic rings. The van der Waals surface area contributed by atoms with Gasteiger partial charge in [-0.2, -0.15) is 0 Å². The monoisotopic (exact) mass is 255 g/mol. The fourth-order valence-corrected chi connectivity index (χ4v) is 2.20. The second-order valence-electron chi connectivity index (χ2n) is 4.50. The summed E-state index contributed by atoms with van der Waals surface area (Å²) in [6.07, 6.45) is -0.961. The number of benzene rings is 1. The number of rotatable bonds is 3. The van der Waals surface area contributed by atoms with Gasteiger partial charge in [-0.15, -0.1) is 0 Å². The highest BCUT2D eigenvalue weighted by atomic mass is 19.1. The van der Waals surface area contributed by atoms with E-state index >= 15 is 0 Å². The summed E-state index contributed by atoms with van der Waals surface area (Å²) in [5.41, 5.74) is 1.36. The van der Waals surface area contributed by atoms with Crippen molar-refractivity contribution in [1.82, 2.24) is 0 Å². The zero-order chi connectivity index (χ0) is 13.1. The van der Waals surface area contributed by atoms with Gasteiger partial charge in [-0.1, -0.05) is 0 Å². The molecular weight excluding hydrogens is 237 g/mol. The van der Waals surface area contributed by atoms with E-state index in [2.05, 4.69) is 0 Å². The Bertz CT molecular complexity index is 411. The Morgan fingerprint density at radius 3 is 3.00 bits per heavy atom. The molecule has 1 saturated heterocycles. The first-order valence-corrected chi connectivity index (χ1v) is 6.06. The van der Waals surface area contributed by atoms with Crippen molar-refractivity contribution in [3.8, 4) is 0 Å². The van der Waals surface area contributed by atoms with Gasteiger partial charge in [-0.25, -0.2) is 4.39 Å². The highest BCUT2D eigenvalue weighted by Gasteiger charge is 2.23. The molecule has 1 heterocycles. The van der Waals surface area contributed by atoms with Gasteiger partial charge in [0.1, 0.15) is 5.82 Å².